The molecule has 0 amide bonds. The number of ether oxygens (including phenoxy) is 2. The van der Waals surface area contributed by atoms with Crippen LogP contribution >= 0.6 is 11.6 Å². The molecule has 0 fully saturated rings. The van der Waals surface area contributed by atoms with Crippen LogP contribution in [0.3, 0.4) is 0 Å². The van der Waals surface area contributed by atoms with E-state index in [1.54, 1.807) is 0 Å². The lowest BCUT2D eigenvalue weighted by molar-refractivity contribution is -0.117. The highest BCUT2D eigenvalue weighted by molar-refractivity contribution is 6.32. The van der Waals surface area contributed by atoms with E-state index in [1.807, 2.05) is 26.0 Å². The lowest BCUT2D eigenvalue weighted by Crippen LogP contribution is -2.39. The number of carbonyl (C=O) groups excluding carboxylic acids is 2. The van der Waals surface area contributed by atoms with Gasteiger partial charge in [-0.15, -0.1) is 0 Å². The Morgan fingerprint density at radius 3 is 2.09 bits per heavy atom. The molecule has 1 aromatic carbocycles. The normalized spacial score (nSPS) is 19.1. The van der Waals surface area contributed by atoms with E-state index in [0.717, 1.165) is 73.2 Å². The number of halogens is 1. The van der Waals surface area contributed by atoms with Crippen molar-refractivity contribution in [1.82, 2.24) is 4.90 Å². The van der Waals surface area contributed by atoms with Gasteiger partial charge in [-0.05, 0) is 63.1 Å². The van der Waals surface area contributed by atoms with Gasteiger partial charge in [-0.3, -0.25) is 9.59 Å². The molecule has 0 N–H and O–H groups in total. The summed E-state index contributed by atoms with van der Waals surface area (Å²) in [4.78, 5) is 29.0. The zero-order valence-electron chi connectivity index (χ0n) is 20.0. The molecule has 5 nitrogen and oxygen atoms in total. The number of Topliss-reactive ketones (excluding diaryl/α,β-unsaturated/α-hetero) is 2. The largest absolute Gasteiger partial charge is 0.490 e. The number of carbonyl (C=O) groups is 2. The molecule has 0 spiro atoms. The lowest BCUT2D eigenvalue weighted by atomic mass is 9.71. The van der Waals surface area contributed by atoms with Gasteiger partial charge in [0.2, 0.25) is 0 Å². The van der Waals surface area contributed by atoms with E-state index in [9.17, 15) is 9.59 Å². The Morgan fingerprint density at radius 2 is 1.55 bits per heavy atom. The van der Waals surface area contributed by atoms with Gasteiger partial charge in [-0.2, -0.15) is 0 Å². The Morgan fingerprint density at radius 1 is 0.909 bits per heavy atom. The summed E-state index contributed by atoms with van der Waals surface area (Å²) in [6.45, 7) is 7.94. The summed E-state index contributed by atoms with van der Waals surface area (Å²) in [6.07, 6.45) is 6.31. The third kappa shape index (κ3) is 4.44. The molecular weight excluding hydrogens is 438 g/mol. The van der Waals surface area contributed by atoms with Crippen LogP contribution < -0.4 is 9.47 Å². The first kappa shape index (κ1) is 23.9. The predicted molar refractivity (Wildman–Crippen MR) is 130 cm³/mol. The number of benzene rings is 1. The van der Waals surface area contributed by atoms with Crippen molar-refractivity contribution in [3.05, 3.63) is 45.3 Å². The summed E-state index contributed by atoms with van der Waals surface area (Å²) >= 11 is 6.71. The summed E-state index contributed by atoms with van der Waals surface area (Å²) < 4.78 is 11.8. The van der Waals surface area contributed by atoms with E-state index < -0.39 is 0 Å². The van der Waals surface area contributed by atoms with Gasteiger partial charge in [0.1, 0.15) is 0 Å². The van der Waals surface area contributed by atoms with Crippen molar-refractivity contribution in [2.24, 2.45) is 0 Å². The Balaban J connectivity index is 1.92. The zero-order chi connectivity index (χ0) is 23.5. The zero-order valence-corrected chi connectivity index (χ0v) is 20.7. The van der Waals surface area contributed by atoms with Crippen molar-refractivity contribution in [1.29, 1.82) is 0 Å². The molecule has 6 heteroatoms. The van der Waals surface area contributed by atoms with Crippen molar-refractivity contribution in [2.45, 2.75) is 78.1 Å². The van der Waals surface area contributed by atoms with Crippen LogP contribution in [0.25, 0.3) is 0 Å². The van der Waals surface area contributed by atoms with Gasteiger partial charge in [0.05, 0.1) is 18.2 Å². The van der Waals surface area contributed by atoms with Gasteiger partial charge in [0.25, 0.3) is 0 Å². The summed E-state index contributed by atoms with van der Waals surface area (Å²) in [5.41, 5.74) is 4.61. The predicted octanol–water partition coefficient (Wildman–Crippen LogP) is 6.35. The quantitative estimate of drug-likeness (QED) is 0.442. The van der Waals surface area contributed by atoms with Gasteiger partial charge in [0, 0.05) is 47.8 Å². The van der Waals surface area contributed by atoms with Crippen molar-refractivity contribution in [2.75, 3.05) is 19.8 Å². The number of ketones is 2. The second kappa shape index (κ2) is 10.3. The van der Waals surface area contributed by atoms with E-state index >= 15 is 0 Å². The molecule has 0 unspecified atom stereocenters. The number of hydrogen-bond acceptors (Lipinski definition) is 5. The first-order chi connectivity index (χ1) is 16.0. The molecule has 0 saturated heterocycles. The minimum Gasteiger partial charge on any atom is -0.490 e. The topological polar surface area (TPSA) is 55.8 Å². The molecular formula is C27H34ClNO4. The Bertz CT molecular complexity index is 966. The van der Waals surface area contributed by atoms with Crippen LogP contribution in [0.15, 0.2) is 34.7 Å². The van der Waals surface area contributed by atoms with Crippen molar-refractivity contribution < 1.29 is 19.1 Å². The lowest BCUT2D eigenvalue weighted by Gasteiger charge is -2.44. The molecule has 1 aromatic rings. The number of allylic oxidation sites excluding steroid dienone is 4. The average molecular weight is 472 g/mol. The minimum atomic E-state index is -0.388. The average Bonchev–Trinajstić information content (AvgIpc) is 2.79. The van der Waals surface area contributed by atoms with Crippen LogP contribution in [0.2, 0.25) is 5.02 Å². The standard InChI is InChI=1S/C27H34ClNO4/c1-4-13-29-19-9-7-11-21(30)25(19)24(26-20(29)10-8-12-22(26)31)17-15-18(28)27(33-14-5-2)23(16-17)32-6-3/h15-16,24H,4-14H2,1-3H3. The molecule has 0 saturated carbocycles. The third-order valence-corrected chi connectivity index (χ3v) is 6.93. The second-order valence-electron chi connectivity index (χ2n) is 8.97. The molecule has 3 aliphatic rings. The Hall–Kier alpha value is -2.27. The molecule has 2 aliphatic carbocycles. The van der Waals surface area contributed by atoms with Gasteiger partial charge >= 0.3 is 0 Å². The number of hydrogen-bond donors (Lipinski definition) is 0. The first-order valence-electron chi connectivity index (χ1n) is 12.4. The van der Waals surface area contributed by atoms with Crippen molar-refractivity contribution in [3.8, 4) is 11.5 Å². The number of nitrogens with zero attached hydrogens (tertiary/aromatic N) is 1. The number of rotatable bonds is 8. The summed E-state index contributed by atoms with van der Waals surface area (Å²) in [5, 5.41) is 0.455. The van der Waals surface area contributed by atoms with Crippen molar-refractivity contribution >= 4 is 23.2 Å². The van der Waals surface area contributed by atoms with Gasteiger partial charge < -0.3 is 14.4 Å². The summed E-state index contributed by atoms with van der Waals surface area (Å²) in [5.74, 6) is 1.00. The molecule has 0 radical (unpaired) electrons. The maximum Gasteiger partial charge on any atom is 0.179 e. The van der Waals surface area contributed by atoms with Gasteiger partial charge in [-0.25, -0.2) is 0 Å². The van der Waals surface area contributed by atoms with Gasteiger partial charge in [-0.1, -0.05) is 25.4 Å². The van der Waals surface area contributed by atoms with Crippen LogP contribution in [0.1, 0.15) is 83.6 Å². The highest BCUT2D eigenvalue weighted by Crippen LogP contribution is 2.51. The van der Waals surface area contributed by atoms with Gasteiger partial charge in [0.15, 0.2) is 23.1 Å². The minimum absolute atomic E-state index is 0.146. The van der Waals surface area contributed by atoms with E-state index in [1.165, 1.54) is 0 Å². The SMILES string of the molecule is CCCOc1c(Cl)cc(C2C3=C(CCCC3=O)N(CCC)C3=C2C(=O)CCC3)cc1OCC. The molecule has 178 valence electrons. The smallest absolute Gasteiger partial charge is 0.179 e. The third-order valence-electron chi connectivity index (χ3n) is 6.65. The van der Waals surface area contributed by atoms with E-state index in [-0.39, 0.29) is 17.5 Å². The Kier molecular flexibility index (Phi) is 7.48. The van der Waals surface area contributed by atoms with E-state index in [4.69, 9.17) is 21.1 Å². The highest BCUT2D eigenvalue weighted by atomic mass is 35.5. The van der Waals surface area contributed by atoms with E-state index in [2.05, 4.69) is 11.8 Å². The van der Waals surface area contributed by atoms with Crippen molar-refractivity contribution in [3.63, 3.8) is 0 Å². The molecule has 0 bridgehead atoms. The molecule has 1 heterocycles. The second-order valence-corrected chi connectivity index (χ2v) is 9.38. The fraction of sp³-hybridized carbons (Fsp3) is 0.556. The first-order valence-corrected chi connectivity index (χ1v) is 12.8. The van der Waals surface area contributed by atoms with Crippen LogP contribution in [0.4, 0.5) is 0 Å². The fourth-order valence-corrected chi connectivity index (χ4v) is 5.68. The molecule has 33 heavy (non-hydrogen) atoms. The Labute approximate surface area is 201 Å². The summed E-state index contributed by atoms with van der Waals surface area (Å²) in [6, 6.07) is 3.80. The fourth-order valence-electron chi connectivity index (χ4n) is 5.41. The van der Waals surface area contributed by atoms with Crippen LogP contribution in [-0.4, -0.2) is 36.2 Å². The van der Waals surface area contributed by atoms with Crippen LogP contribution in [-0.2, 0) is 9.59 Å². The maximum absolute atomic E-state index is 13.3. The maximum atomic E-state index is 13.3. The molecule has 4 rings (SSSR count). The molecule has 1 aliphatic heterocycles. The monoisotopic (exact) mass is 471 g/mol. The van der Waals surface area contributed by atoms with E-state index in [0.29, 0.717) is 42.6 Å². The molecule has 0 atom stereocenters. The van der Waals surface area contributed by atoms with Crippen LogP contribution in [0, 0.1) is 0 Å². The van der Waals surface area contributed by atoms with Crippen LogP contribution in [0.5, 0.6) is 11.5 Å². The molecule has 0 aromatic heterocycles. The highest BCUT2D eigenvalue weighted by Gasteiger charge is 2.43. The summed E-state index contributed by atoms with van der Waals surface area (Å²) in [7, 11) is 0.